The molecule has 0 spiro atoms. The van der Waals surface area contributed by atoms with Crippen LogP contribution in [0.3, 0.4) is 0 Å². The van der Waals surface area contributed by atoms with E-state index in [-0.39, 0.29) is 23.3 Å². The zero-order valence-electron chi connectivity index (χ0n) is 11.8. The van der Waals surface area contributed by atoms with Crippen molar-refractivity contribution in [2.24, 2.45) is 11.8 Å². The zero-order valence-corrected chi connectivity index (χ0v) is 11.8. The Kier molecular flexibility index (Phi) is 5.14. The van der Waals surface area contributed by atoms with Crippen molar-refractivity contribution in [3.8, 4) is 0 Å². The molecule has 0 aromatic heterocycles. The van der Waals surface area contributed by atoms with Gasteiger partial charge < -0.3 is 16.0 Å². The Morgan fingerprint density at radius 2 is 1.94 bits per heavy atom. The molecule has 2 amide bonds. The topological polar surface area (TPSA) is 70.2 Å². The van der Waals surface area contributed by atoms with Gasteiger partial charge in [0, 0.05) is 24.4 Å². The maximum atomic E-state index is 11.8. The normalized spacial score (nSPS) is 17.8. The first kappa shape index (κ1) is 15.0. The molecule has 0 aromatic rings. The van der Waals surface area contributed by atoms with Crippen LogP contribution in [0.5, 0.6) is 0 Å². The van der Waals surface area contributed by atoms with E-state index in [1.54, 1.807) is 0 Å². The van der Waals surface area contributed by atoms with Gasteiger partial charge in [0.2, 0.25) is 11.8 Å². The van der Waals surface area contributed by atoms with Crippen molar-refractivity contribution in [2.75, 3.05) is 19.6 Å². The Balaban J connectivity index is 2.16. The van der Waals surface area contributed by atoms with Crippen LogP contribution in [0.1, 0.15) is 34.1 Å². The summed E-state index contributed by atoms with van der Waals surface area (Å²) in [5.41, 5.74) is -0.216. The Bertz CT molecular complexity index is 306. The second-order valence-electron chi connectivity index (χ2n) is 6.05. The molecule has 1 heterocycles. The van der Waals surface area contributed by atoms with Gasteiger partial charge in [0.05, 0.1) is 0 Å². The van der Waals surface area contributed by atoms with Crippen LogP contribution in [0.25, 0.3) is 0 Å². The molecule has 104 valence electrons. The number of hydrogen-bond donors (Lipinski definition) is 3. The summed E-state index contributed by atoms with van der Waals surface area (Å²) in [5.74, 6) is 0.483. The van der Waals surface area contributed by atoms with E-state index in [1.165, 1.54) is 0 Å². The van der Waals surface area contributed by atoms with Gasteiger partial charge in [0.1, 0.15) is 0 Å². The molecule has 1 fully saturated rings. The van der Waals surface area contributed by atoms with Crippen molar-refractivity contribution in [1.82, 2.24) is 16.0 Å². The highest BCUT2D eigenvalue weighted by Gasteiger charge is 2.28. The third kappa shape index (κ3) is 5.04. The van der Waals surface area contributed by atoms with Gasteiger partial charge in [0.15, 0.2) is 0 Å². The van der Waals surface area contributed by atoms with E-state index < -0.39 is 0 Å². The summed E-state index contributed by atoms with van der Waals surface area (Å²) >= 11 is 0. The fourth-order valence-corrected chi connectivity index (χ4v) is 1.82. The van der Waals surface area contributed by atoms with Crippen molar-refractivity contribution in [3.05, 3.63) is 0 Å². The fraction of sp³-hybridized carbons (Fsp3) is 0.846. The summed E-state index contributed by atoms with van der Waals surface area (Å²) in [6, 6.07) is 0. The van der Waals surface area contributed by atoms with Gasteiger partial charge in [-0.3, -0.25) is 9.59 Å². The molecule has 1 saturated heterocycles. The summed E-state index contributed by atoms with van der Waals surface area (Å²) in [6.07, 6.45) is 0.332. The molecule has 0 aromatic carbocycles. The molecular weight excluding hydrogens is 230 g/mol. The molecule has 0 saturated carbocycles. The number of rotatable bonds is 5. The first-order valence-corrected chi connectivity index (χ1v) is 6.59. The summed E-state index contributed by atoms with van der Waals surface area (Å²) in [5, 5.41) is 8.84. The molecule has 5 heteroatoms. The summed E-state index contributed by atoms with van der Waals surface area (Å²) in [6.45, 7) is 10.00. The second-order valence-corrected chi connectivity index (χ2v) is 6.05. The van der Waals surface area contributed by atoms with E-state index >= 15 is 0 Å². The predicted molar refractivity (Wildman–Crippen MR) is 71.0 cm³/mol. The van der Waals surface area contributed by atoms with Crippen LogP contribution in [0.15, 0.2) is 0 Å². The van der Waals surface area contributed by atoms with Gasteiger partial charge >= 0.3 is 0 Å². The van der Waals surface area contributed by atoms with E-state index in [1.807, 2.05) is 27.7 Å². The lowest BCUT2D eigenvalue weighted by atomic mass is 9.88. The average molecular weight is 255 g/mol. The van der Waals surface area contributed by atoms with Crippen LogP contribution >= 0.6 is 0 Å². The zero-order chi connectivity index (χ0) is 13.8. The molecular formula is C13H25N3O2. The van der Waals surface area contributed by atoms with E-state index in [0.29, 0.717) is 18.9 Å². The highest BCUT2D eigenvalue weighted by molar-refractivity contribution is 5.80. The lowest BCUT2D eigenvalue weighted by molar-refractivity contribution is -0.127. The number of hydrogen-bond acceptors (Lipinski definition) is 3. The smallest absolute Gasteiger partial charge is 0.223 e. The van der Waals surface area contributed by atoms with Crippen LogP contribution in [-0.4, -0.2) is 37.0 Å². The Morgan fingerprint density at radius 3 is 2.39 bits per heavy atom. The molecule has 18 heavy (non-hydrogen) atoms. The van der Waals surface area contributed by atoms with Gasteiger partial charge in [-0.15, -0.1) is 0 Å². The summed E-state index contributed by atoms with van der Waals surface area (Å²) < 4.78 is 0. The standard InChI is InChI=1S/C13H25N3O2/c1-9(10-7-14-8-10)12(18)15-6-5-11(17)16-13(2,3)4/h9-10,14H,5-8H2,1-4H3,(H,15,18)(H,16,17). The lowest BCUT2D eigenvalue weighted by Crippen LogP contribution is -2.50. The molecule has 0 aliphatic carbocycles. The highest BCUT2D eigenvalue weighted by Crippen LogP contribution is 2.15. The molecule has 0 radical (unpaired) electrons. The van der Waals surface area contributed by atoms with Crippen LogP contribution in [-0.2, 0) is 9.59 Å². The Labute approximate surface area is 109 Å². The SMILES string of the molecule is CC(C(=O)NCCC(=O)NC(C)(C)C)C1CNC1. The number of carbonyl (C=O) groups excluding carboxylic acids is 2. The molecule has 5 nitrogen and oxygen atoms in total. The van der Waals surface area contributed by atoms with Crippen molar-refractivity contribution < 1.29 is 9.59 Å². The lowest BCUT2D eigenvalue weighted by Gasteiger charge is -2.31. The number of carbonyl (C=O) groups is 2. The molecule has 1 atom stereocenters. The Hall–Kier alpha value is -1.10. The maximum absolute atomic E-state index is 11.8. The summed E-state index contributed by atoms with van der Waals surface area (Å²) in [7, 11) is 0. The molecule has 1 aliphatic rings. The third-order valence-electron chi connectivity index (χ3n) is 3.10. The van der Waals surface area contributed by atoms with E-state index in [2.05, 4.69) is 16.0 Å². The maximum Gasteiger partial charge on any atom is 0.223 e. The highest BCUT2D eigenvalue weighted by atomic mass is 16.2. The van der Waals surface area contributed by atoms with Crippen LogP contribution < -0.4 is 16.0 Å². The van der Waals surface area contributed by atoms with E-state index in [9.17, 15) is 9.59 Å². The minimum absolute atomic E-state index is 0.0249. The van der Waals surface area contributed by atoms with Crippen LogP contribution in [0, 0.1) is 11.8 Å². The van der Waals surface area contributed by atoms with E-state index in [4.69, 9.17) is 0 Å². The van der Waals surface area contributed by atoms with Crippen molar-refractivity contribution >= 4 is 11.8 Å². The van der Waals surface area contributed by atoms with Gasteiger partial charge in [-0.25, -0.2) is 0 Å². The van der Waals surface area contributed by atoms with Crippen molar-refractivity contribution in [1.29, 1.82) is 0 Å². The molecule has 1 unspecified atom stereocenters. The molecule has 1 rings (SSSR count). The molecule has 3 N–H and O–H groups in total. The quantitative estimate of drug-likeness (QED) is 0.660. The van der Waals surface area contributed by atoms with Crippen LogP contribution in [0.2, 0.25) is 0 Å². The fourth-order valence-electron chi connectivity index (χ4n) is 1.82. The van der Waals surface area contributed by atoms with Crippen LogP contribution in [0.4, 0.5) is 0 Å². The first-order valence-electron chi connectivity index (χ1n) is 6.59. The third-order valence-corrected chi connectivity index (χ3v) is 3.10. The number of amides is 2. The van der Waals surface area contributed by atoms with E-state index in [0.717, 1.165) is 13.1 Å². The van der Waals surface area contributed by atoms with Gasteiger partial charge in [0.25, 0.3) is 0 Å². The largest absolute Gasteiger partial charge is 0.355 e. The van der Waals surface area contributed by atoms with Crippen molar-refractivity contribution in [3.63, 3.8) is 0 Å². The Morgan fingerprint density at radius 1 is 1.33 bits per heavy atom. The molecule has 0 bridgehead atoms. The van der Waals surface area contributed by atoms with Gasteiger partial charge in [-0.1, -0.05) is 6.92 Å². The van der Waals surface area contributed by atoms with Gasteiger partial charge in [-0.05, 0) is 39.8 Å². The predicted octanol–water partition coefficient (Wildman–Crippen LogP) is 0.263. The van der Waals surface area contributed by atoms with Crippen molar-refractivity contribution in [2.45, 2.75) is 39.7 Å². The second kappa shape index (κ2) is 6.18. The minimum Gasteiger partial charge on any atom is -0.355 e. The minimum atomic E-state index is -0.216. The monoisotopic (exact) mass is 255 g/mol. The first-order chi connectivity index (χ1) is 8.29. The average Bonchev–Trinajstić information content (AvgIpc) is 2.11. The number of nitrogens with one attached hydrogen (secondary N) is 3. The van der Waals surface area contributed by atoms with Gasteiger partial charge in [-0.2, -0.15) is 0 Å². The summed E-state index contributed by atoms with van der Waals surface area (Å²) in [4.78, 5) is 23.3. The molecule has 1 aliphatic heterocycles.